The molecule has 0 spiro atoms. The van der Waals surface area contributed by atoms with Crippen LogP contribution in [0.25, 0.3) is 21.7 Å². The number of halogens is 1. The molecule has 0 aliphatic carbocycles. The summed E-state index contributed by atoms with van der Waals surface area (Å²) in [5, 5.41) is 6.22. The van der Waals surface area contributed by atoms with Crippen LogP contribution in [-0.4, -0.2) is 5.91 Å². The molecule has 4 heteroatoms. The fourth-order valence-corrected chi connectivity index (χ4v) is 3.49. The summed E-state index contributed by atoms with van der Waals surface area (Å²) in [5.41, 5.74) is 2.53. The van der Waals surface area contributed by atoms with Gasteiger partial charge in [-0.15, -0.1) is 0 Å². The largest absolute Gasteiger partial charge is 0.464 e. The van der Waals surface area contributed by atoms with Gasteiger partial charge in [-0.05, 0) is 57.6 Å². The quantitative estimate of drug-likeness (QED) is 0.447. The Bertz CT molecular complexity index is 1050. The van der Waals surface area contributed by atoms with E-state index in [1.807, 2.05) is 48.5 Å². The van der Waals surface area contributed by atoms with Crippen LogP contribution in [0.15, 0.2) is 71.3 Å². The molecule has 1 heterocycles. The average Bonchev–Trinajstić information content (AvgIpc) is 2.98. The minimum absolute atomic E-state index is 0.0485. The van der Waals surface area contributed by atoms with Gasteiger partial charge in [0.05, 0.1) is 12.7 Å². The molecule has 1 N–H and O–H groups in total. The van der Waals surface area contributed by atoms with Crippen molar-refractivity contribution in [3.8, 4) is 0 Å². The van der Waals surface area contributed by atoms with Gasteiger partial charge in [-0.1, -0.05) is 36.4 Å². The second kappa shape index (κ2) is 6.28. The molecule has 3 nitrogen and oxygen atoms in total. The van der Waals surface area contributed by atoms with Crippen LogP contribution in [-0.2, 0) is 11.2 Å². The Morgan fingerprint density at radius 1 is 1.04 bits per heavy atom. The Labute approximate surface area is 152 Å². The standard InChI is InChI=1S/C20H14INO2/c21-15-5-3-6-16(11-15)22-19(23)10-14-12-24-18-9-8-13-4-1-2-7-17(13)20(14)18/h1-9,11-12H,10H2,(H,22,23). The number of amides is 1. The highest BCUT2D eigenvalue weighted by molar-refractivity contribution is 14.1. The van der Waals surface area contributed by atoms with Gasteiger partial charge in [-0.25, -0.2) is 0 Å². The van der Waals surface area contributed by atoms with Crippen LogP contribution in [0.5, 0.6) is 0 Å². The molecule has 0 fully saturated rings. The van der Waals surface area contributed by atoms with Crippen LogP contribution in [0.4, 0.5) is 5.69 Å². The normalized spacial score (nSPS) is 11.0. The summed E-state index contributed by atoms with van der Waals surface area (Å²) in [4.78, 5) is 12.4. The SMILES string of the molecule is O=C(Cc1coc2ccc3ccccc3c12)Nc1cccc(I)c1. The van der Waals surface area contributed by atoms with E-state index in [-0.39, 0.29) is 12.3 Å². The number of rotatable bonds is 3. The number of carbonyl (C=O) groups excluding carboxylic acids is 1. The van der Waals surface area contributed by atoms with Gasteiger partial charge in [0, 0.05) is 20.2 Å². The highest BCUT2D eigenvalue weighted by Gasteiger charge is 2.13. The maximum absolute atomic E-state index is 12.4. The zero-order valence-electron chi connectivity index (χ0n) is 12.8. The van der Waals surface area contributed by atoms with Crippen molar-refractivity contribution in [3.63, 3.8) is 0 Å². The maximum Gasteiger partial charge on any atom is 0.228 e. The predicted molar refractivity (Wildman–Crippen MR) is 105 cm³/mol. The van der Waals surface area contributed by atoms with Gasteiger partial charge in [0.15, 0.2) is 0 Å². The molecule has 4 rings (SSSR count). The molecule has 24 heavy (non-hydrogen) atoms. The second-order valence-corrected chi connectivity index (χ2v) is 6.90. The van der Waals surface area contributed by atoms with Crippen LogP contribution in [0.2, 0.25) is 0 Å². The summed E-state index contributed by atoms with van der Waals surface area (Å²) in [6.45, 7) is 0. The van der Waals surface area contributed by atoms with E-state index in [4.69, 9.17) is 4.42 Å². The Hall–Kier alpha value is -2.34. The van der Waals surface area contributed by atoms with E-state index in [2.05, 4.69) is 40.0 Å². The molecule has 1 aromatic heterocycles. The molecule has 0 aliphatic heterocycles. The fourth-order valence-electron chi connectivity index (χ4n) is 2.95. The van der Waals surface area contributed by atoms with Crippen molar-refractivity contribution >= 4 is 55.9 Å². The zero-order chi connectivity index (χ0) is 16.5. The summed E-state index contributed by atoms with van der Waals surface area (Å²) < 4.78 is 6.73. The van der Waals surface area contributed by atoms with Gasteiger partial charge in [0.2, 0.25) is 5.91 Å². The van der Waals surface area contributed by atoms with Crippen LogP contribution in [0.1, 0.15) is 5.56 Å². The summed E-state index contributed by atoms with van der Waals surface area (Å²) in [7, 11) is 0. The number of hydrogen-bond acceptors (Lipinski definition) is 2. The third kappa shape index (κ3) is 2.89. The zero-order valence-corrected chi connectivity index (χ0v) is 14.9. The third-order valence-electron chi connectivity index (χ3n) is 4.00. The van der Waals surface area contributed by atoms with E-state index in [1.165, 1.54) is 0 Å². The van der Waals surface area contributed by atoms with Gasteiger partial charge in [-0.2, -0.15) is 0 Å². The Kier molecular flexibility index (Phi) is 3.98. The highest BCUT2D eigenvalue weighted by atomic mass is 127. The van der Waals surface area contributed by atoms with E-state index in [1.54, 1.807) is 6.26 Å². The summed E-state index contributed by atoms with van der Waals surface area (Å²) in [6, 6.07) is 19.9. The summed E-state index contributed by atoms with van der Waals surface area (Å²) in [6.07, 6.45) is 1.97. The molecular weight excluding hydrogens is 413 g/mol. The van der Waals surface area contributed by atoms with E-state index in [0.29, 0.717) is 0 Å². The smallest absolute Gasteiger partial charge is 0.228 e. The molecular formula is C20H14INO2. The molecule has 118 valence electrons. The number of fused-ring (bicyclic) bond motifs is 3. The topological polar surface area (TPSA) is 42.2 Å². The van der Waals surface area contributed by atoms with Crippen molar-refractivity contribution in [2.45, 2.75) is 6.42 Å². The van der Waals surface area contributed by atoms with E-state index < -0.39 is 0 Å². The first-order valence-corrected chi connectivity index (χ1v) is 8.72. The van der Waals surface area contributed by atoms with E-state index >= 15 is 0 Å². The van der Waals surface area contributed by atoms with Crippen LogP contribution in [0, 0.1) is 3.57 Å². The van der Waals surface area contributed by atoms with E-state index in [0.717, 1.165) is 36.6 Å². The first-order chi connectivity index (χ1) is 11.7. The molecule has 4 aromatic rings. The first-order valence-electron chi connectivity index (χ1n) is 7.64. The van der Waals surface area contributed by atoms with Gasteiger partial charge < -0.3 is 9.73 Å². The molecule has 0 saturated carbocycles. The second-order valence-electron chi connectivity index (χ2n) is 5.66. The fraction of sp³-hybridized carbons (Fsp3) is 0.0500. The number of hydrogen-bond donors (Lipinski definition) is 1. The predicted octanol–water partition coefficient (Wildman–Crippen LogP) is 5.37. The third-order valence-corrected chi connectivity index (χ3v) is 4.67. The number of furan rings is 1. The lowest BCUT2D eigenvalue weighted by molar-refractivity contribution is -0.115. The molecule has 1 amide bonds. The van der Waals surface area contributed by atoms with Crippen LogP contribution >= 0.6 is 22.6 Å². The molecule has 3 aromatic carbocycles. The molecule has 0 atom stereocenters. The molecule has 0 bridgehead atoms. The van der Waals surface area contributed by atoms with Crippen molar-refractivity contribution < 1.29 is 9.21 Å². The minimum atomic E-state index is -0.0485. The molecule has 0 unspecified atom stereocenters. The Balaban J connectivity index is 1.67. The average molecular weight is 427 g/mol. The van der Waals surface area contributed by atoms with Crippen molar-refractivity contribution in [1.82, 2.24) is 0 Å². The summed E-state index contributed by atoms with van der Waals surface area (Å²) in [5.74, 6) is -0.0485. The number of carbonyl (C=O) groups is 1. The summed E-state index contributed by atoms with van der Waals surface area (Å²) >= 11 is 2.23. The number of anilines is 1. The first kappa shape index (κ1) is 15.2. The lowest BCUT2D eigenvalue weighted by Crippen LogP contribution is -2.14. The van der Waals surface area contributed by atoms with Crippen LogP contribution in [0.3, 0.4) is 0 Å². The van der Waals surface area contributed by atoms with Crippen molar-refractivity contribution in [3.05, 3.63) is 76.1 Å². The monoisotopic (exact) mass is 427 g/mol. The number of benzene rings is 3. The van der Waals surface area contributed by atoms with Crippen molar-refractivity contribution in [2.75, 3.05) is 5.32 Å². The van der Waals surface area contributed by atoms with Crippen molar-refractivity contribution in [1.29, 1.82) is 0 Å². The Morgan fingerprint density at radius 3 is 2.79 bits per heavy atom. The Morgan fingerprint density at radius 2 is 1.92 bits per heavy atom. The van der Waals surface area contributed by atoms with Crippen molar-refractivity contribution in [2.24, 2.45) is 0 Å². The molecule has 0 aliphatic rings. The van der Waals surface area contributed by atoms with Gasteiger partial charge in [0.25, 0.3) is 0 Å². The maximum atomic E-state index is 12.4. The van der Waals surface area contributed by atoms with Gasteiger partial charge in [0.1, 0.15) is 5.58 Å². The minimum Gasteiger partial charge on any atom is -0.464 e. The van der Waals surface area contributed by atoms with Crippen LogP contribution < -0.4 is 5.32 Å². The lowest BCUT2D eigenvalue weighted by atomic mass is 10.0. The molecule has 0 radical (unpaired) electrons. The van der Waals surface area contributed by atoms with Gasteiger partial charge in [-0.3, -0.25) is 4.79 Å². The van der Waals surface area contributed by atoms with Gasteiger partial charge >= 0.3 is 0 Å². The molecule has 0 saturated heterocycles. The highest BCUT2D eigenvalue weighted by Crippen LogP contribution is 2.30. The number of nitrogens with one attached hydrogen (secondary N) is 1. The van der Waals surface area contributed by atoms with E-state index in [9.17, 15) is 4.79 Å². The lowest BCUT2D eigenvalue weighted by Gasteiger charge is -2.06.